The number of amides is 1. The second-order valence-electron chi connectivity index (χ2n) is 6.83. The Kier molecular flexibility index (Phi) is 6.07. The van der Waals surface area contributed by atoms with Gasteiger partial charge in [-0.15, -0.1) is 0 Å². The Morgan fingerprint density at radius 3 is 2.43 bits per heavy atom. The van der Waals surface area contributed by atoms with Gasteiger partial charge in [0.05, 0.1) is 5.56 Å². The van der Waals surface area contributed by atoms with Gasteiger partial charge in [0.25, 0.3) is 11.7 Å². The molecule has 1 saturated carbocycles. The van der Waals surface area contributed by atoms with Gasteiger partial charge in [-0.3, -0.25) is 4.79 Å². The van der Waals surface area contributed by atoms with Gasteiger partial charge in [0.1, 0.15) is 0 Å². The third-order valence-corrected chi connectivity index (χ3v) is 5.34. The molecule has 1 aliphatic rings. The van der Waals surface area contributed by atoms with Gasteiger partial charge >= 0.3 is 5.97 Å². The molecule has 150 valence electrons. The first-order valence-corrected chi connectivity index (χ1v) is 9.89. The number of carbonyl (C=O) groups excluding carboxylic acids is 2. The minimum atomic E-state index is -2.50. The van der Waals surface area contributed by atoms with Crippen LogP contribution in [0.5, 0.6) is 0 Å². The van der Waals surface area contributed by atoms with E-state index in [1.54, 1.807) is 6.07 Å². The van der Waals surface area contributed by atoms with Gasteiger partial charge in [-0.05, 0) is 63.9 Å². The SMILES string of the molecule is Cc1cc(C(=O)O[C@@H](C)C(=O)Nc2ccc(SC(F)F)cc2)c(C)n1C1CC1. The van der Waals surface area contributed by atoms with Crippen LogP contribution in [0.15, 0.2) is 35.2 Å². The van der Waals surface area contributed by atoms with E-state index in [0.29, 0.717) is 34.0 Å². The molecule has 1 heterocycles. The number of rotatable bonds is 7. The number of ether oxygens (including phenoxy) is 1. The lowest BCUT2D eigenvalue weighted by Gasteiger charge is -2.14. The topological polar surface area (TPSA) is 60.3 Å². The van der Waals surface area contributed by atoms with Gasteiger partial charge in [-0.1, -0.05) is 11.8 Å². The molecule has 0 radical (unpaired) electrons. The van der Waals surface area contributed by atoms with E-state index in [2.05, 4.69) is 9.88 Å². The highest BCUT2D eigenvalue weighted by Gasteiger charge is 2.29. The average molecular weight is 408 g/mol. The molecule has 1 amide bonds. The van der Waals surface area contributed by atoms with Crippen LogP contribution in [-0.2, 0) is 9.53 Å². The number of thioether (sulfide) groups is 1. The highest BCUT2D eigenvalue weighted by molar-refractivity contribution is 7.99. The van der Waals surface area contributed by atoms with Crippen molar-refractivity contribution < 1.29 is 23.1 Å². The van der Waals surface area contributed by atoms with Crippen LogP contribution in [0.4, 0.5) is 14.5 Å². The summed E-state index contributed by atoms with van der Waals surface area (Å²) in [6.07, 6.45) is 1.22. The van der Waals surface area contributed by atoms with E-state index < -0.39 is 23.7 Å². The molecule has 1 atom stereocenters. The summed E-state index contributed by atoms with van der Waals surface area (Å²) in [7, 11) is 0. The zero-order chi connectivity index (χ0) is 20.4. The van der Waals surface area contributed by atoms with Gasteiger partial charge in [0, 0.05) is 28.0 Å². The second-order valence-corrected chi connectivity index (χ2v) is 7.89. The fraction of sp³-hybridized carbons (Fsp3) is 0.400. The highest BCUT2D eigenvalue weighted by atomic mass is 32.2. The summed E-state index contributed by atoms with van der Waals surface area (Å²) in [5, 5.41) is 2.62. The third kappa shape index (κ3) is 4.73. The van der Waals surface area contributed by atoms with Crippen LogP contribution in [0.1, 0.15) is 47.6 Å². The Bertz CT molecular complexity index is 876. The minimum absolute atomic E-state index is 0.401. The Labute approximate surface area is 166 Å². The standard InChI is InChI=1S/C20H22F2N2O3S/c1-11-10-17(12(2)24(11)15-6-7-15)19(26)27-13(3)18(25)23-14-4-8-16(9-5-14)28-20(21)22/h4-5,8-10,13,15,20H,6-7H2,1-3H3,(H,23,25)/t13-/m0/s1. The van der Waals surface area contributed by atoms with Crippen molar-refractivity contribution in [2.45, 2.75) is 56.4 Å². The first-order chi connectivity index (χ1) is 13.3. The predicted molar refractivity (Wildman–Crippen MR) is 104 cm³/mol. The number of alkyl halides is 2. The number of nitrogens with one attached hydrogen (secondary N) is 1. The first kappa shape index (κ1) is 20.4. The molecule has 1 aliphatic carbocycles. The summed E-state index contributed by atoms with van der Waals surface area (Å²) in [5.74, 6) is -3.52. The van der Waals surface area contributed by atoms with E-state index in [1.807, 2.05) is 13.8 Å². The molecule has 0 bridgehead atoms. The predicted octanol–water partition coefficient (Wildman–Crippen LogP) is 4.94. The van der Waals surface area contributed by atoms with Crippen LogP contribution < -0.4 is 5.32 Å². The van der Waals surface area contributed by atoms with Crippen molar-refractivity contribution >= 4 is 29.3 Å². The Hall–Kier alpha value is -2.35. The molecule has 1 aromatic carbocycles. The Morgan fingerprint density at radius 1 is 1.21 bits per heavy atom. The molecule has 5 nitrogen and oxygen atoms in total. The molecular formula is C20H22F2N2O3S. The molecule has 28 heavy (non-hydrogen) atoms. The summed E-state index contributed by atoms with van der Waals surface area (Å²) in [6.45, 7) is 5.33. The van der Waals surface area contributed by atoms with Crippen molar-refractivity contribution in [2.75, 3.05) is 5.32 Å². The first-order valence-electron chi connectivity index (χ1n) is 9.01. The van der Waals surface area contributed by atoms with E-state index in [1.165, 1.54) is 31.2 Å². The molecule has 1 N–H and O–H groups in total. The molecule has 3 rings (SSSR count). The molecule has 2 aromatic rings. The van der Waals surface area contributed by atoms with Gasteiger partial charge in [0.15, 0.2) is 6.10 Å². The number of halogens is 2. The molecule has 0 aliphatic heterocycles. The number of nitrogens with zero attached hydrogens (tertiary/aromatic N) is 1. The summed E-state index contributed by atoms with van der Waals surface area (Å²) < 4.78 is 32.2. The van der Waals surface area contributed by atoms with E-state index in [4.69, 9.17) is 4.74 Å². The molecule has 0 spiro atoms. The number of hydrogen-bond donors (Lipinski definition) is 1. The molecular weight excluding hydrogens is 386 g/mol. The quantitative estimate of drug-likeness (QED) is 0.521. The summed E-state index contributed by atoms with van der Waals surface area (Å²) >= 11 is 0.432. The highest BCUT2D eigenvalue weighted by Crippen LogP contribution is 2.38. The van der Waals surface area contributed by atoms with E-state index in [9.17, 15) is 18.4 Å². The number of aromatic nitrogens is 1. The third-order valence-electron chi connectivity index (χ3n) is 4.62. The van der Waals surface area contributed by atoms with Gasteiger partial charge < -0.3 is 14.6 Å². The normalized spacial score (nSPS) is 14.8. The lowest BCUT2D eigenvalue weighted by Crippen LogP contribution is -2.30. The van der Waals surface area contributed by atoms with Crippen molar-refractivity contribution in [3.63, 3.8) is 0 Å². The monoisotopic (exact) mass is 408 g/mol. The molecule has 0 saturated heterocycles. The van der Waals surface area contributed by atoms with Crippen LogP contribution in [0, 0.1) is 13.8 Å². The Balaban J connectivity index is 1.59. The van der Waals surface area contributed by atoms with Crippen molar-refractivity contribution in [3.05, 3.63) is 47.3 Å². The van der Waals surface area contributed by atoms with Crippen LogP contribution >= 0.6 is 11.8 Å². The largest absolute Gasteiger partial charge is 0.449 e. The minimum Gasteiger partial charge on any atom is -0.449 e. The van der Waals surface area contributed by atoms with Crippen molar-refractivity contribution in [1.29, 1.82) is 0 Å². The fourth-order valence-electron chi connectivity index (χ4n) is 3.12. The van der Waals surface area contributed by atoms with Crippen LogP contribution in [0.2, 0.25) is 0 Å². The van der Waals surface area contributed by atoms with Crippen LogP contribution in [0.3, 0.4) is 0 Å². The number of aryl methyl sites for hydroxylation is 1. The zero-order valence-corrected chi connectivity index (χ0v) is 16.7. The van der Waals surface area contributed by atoms with Crippen molar-refractivity contribution in [2.24, 2.45) is 0 Å². The molecule has 1 fully saturated rings. The van der Waals surface area contributed by atoms with Crippen molar-refractivity contribution in [3.8, 4) is 0 Å². The molecule has 8 heteroatoms. The summed E-state index contributed by atoms with van der Waals surface area (Å²) in [4.78, 5) is 25.2. The lowest BCUT2D eigenvalue weighted by molar-refractivity contribution is -0.123. The molecule has 1 aromatic heterocycles. The number of benzene rings is 1. The fourth-order valence-corrected chi connectivity index (χ4v) is 3.62. The van der Waals surface area contributed by atoms with Gasteiger partial charge in [0.2, 0.25) is 0 Å². The van der Waals surface area contributed by atoms with E-state index in [0.717, 1.165) is 24.2 Å². The maximum absolute atomic E-state index is 12.5. The van der Waals surface area contributed by atoms with E-state index in [-0.39, 0.29) is 0 Å². The maximum Gasteiger partial charge on any atom is 0.340 e. The molecule has 0 unspecified atom stereocenters. The van der Waals surface area contributed by atoms with E-state index >= 15 is 0 Å². The van der Waals surface area contributed by atoms with Gasteiger partial charge in [-0.25, -0.2) is 4.79 Å². The second kappa shape index (κ2) is 8.34. The number of carbonyl (C=O) groups is 2. The number of esters is 1. The zero-order valence-electron chi connectivity index (χ0n) is 15.9. The Morgan fingerprint density at radius 2 is 1.86 bits per heavy atom. The summed E-state index contributed by atoms with van der Waals surface area (Å²) in [5.41, 5.74) is 2.77. The lowest BCUT2D eigenvalue weighted by atomic mass is 10.2. The maximum atomic E-state index is 12.5. The smallest absolute Gasteiger partial charge is 0.340 e. The average Bonchev–Trinajstić information content (AvgIpc) is 3.41. The van der Waals surface area contributed by atoms with Crippen molar-refractivity contribution in [1.82, 2.24) is 4.57 Å². The summed E-state index contributed by atoms with van der Waals surface area (Å²) in [6, 6.07) is 8.29. The van der Waals surface area contributed by atoms with Crippen LogP contribution in [0.25, 0.3) is 0 Å². The van der Waals surface area contributed by atoms with Gasteiger partial charge in [-0.2, -0.15) is 8.78 Å². The van der Waals surface area contributed by atoms with Crippen LogP contribution in [-0.4, -0.2) is 28.3 Å². The number of anilines is 1. The number of hydrogen-bond acceptors (Lipinski definition) is 4.